The van der Waals surface area contributed by atoms with Crippen LogP contribution in [0.3, 0.4) is 0 Å². The van der Waals surface area contributed by atoms with Gasteiger partial charge in [0.15, 0.2) is 0 Å². The van der Waals surface area contributed by atoms with Crippen molar-refractivity contribution in [1.82, 2.24) is 0 Å². The van der Waals surface area contributed by atoms with Gasteiger partial charge in [-0.3, -0.25) is 0 Å². The lowest BCUT2D eigenvalue weighted by molar-refractivity contribution is -0.00360. The zero-order valence-electron chi connectivity index (χ0n) is 5.71. The van der Waals surface area contributed by atoms with Gasteiger partial charge in [-0.25, -0.2) is 8.78 Å². The van der Waals surface area contributed by atoms with E-state index in [0.717, 1.165) is 5.56 Å². The number of aliphatic hydroxyl groups is 1. The molecule has 1 aromatic rings. The van der Waals surface area contributed by atoms with Crippen LogP contribution in [0.25, 0.3) is 0 Å². The fourth-order valence-electron chi connectivity index (χ4n) is 0.739. The van der Waals surface area contributed by atoms with Crippen LogP contribution in [0.5, 0.6) is 0 Å². The van der Waals surface area contributed by atoms with Crippen molar-refractivity contribution in [2.24, 2.45) is 0 Å². The number of hydrogen-bond donors (Lipinski definition) is 1. The van der Waals surface area contributed by atoms with Crippen LogP contribution in [0.2, 0.25) is 0 Å². The van der Waals surface area contributed by atoms with Gasteiger partial charge in [-0.2, -0.15) is 11.3 Å². The first-order valence-electron chi connectivity index (χ1n) is 3.17. The average Bonchev–Trinajstić information content (AvgIpc) is 2.39. The highest BCUT2D eigenvalue weighted by molar-refractivity contribution is 7.07. The molecule has 0 spiro atoms. The highest BCUT2D eigenvalue weighted by Crippen LogP contribution is 2.12. The Morgan fingerprint density at radius 1 is 1.55 bits per heavy atom. The summed E-state index contributed by atoms with van der Waals surface area (Å²) in [5.74, 6) is 0. The lowest BCUT2D eigenvalue weighted by Gasteiger charge is -2.06. The minimum absolute atomic E-state index is 0.0428. The maximum Gasteiger partial charge on any atom is 0.264 e. The molecule has 0 saturated carbocycles. The second kappa shape index (κ2) is 3.78. The molecule has 0 amide bonds. The Bertz CT molecular complexity index is 198. The molecular weight excluding hydrogens is 170 g/mol. The molecule has 1 atom stereocenters. The number of hydrogen-bond acceptors (Lipinski definition) is 2. The maximum atomic E-state index is 11.8. The van der Waals surface area contributed by atoms with E-state index in [9.17, 15) is 8.78 Å². The first kappa shape index (κ1) is 8.62. The quantitative estimate of drug-likeness (QED) is 0.749. The number of rotatable bonds is 3. The first-order valence-corrected chi connectivity index (χ1v) is 4.11. The van der Waals surface area contributed by atoms with Crippen LogP contribution >= 0.6 is 11.3 Å². The monoisotopic (exact) mass is 178 g/mol. The summed E-state index contributed by atoms with van der Waals surface area (Å²) in [4.78, 5) is 0. The van der Waals surface area contributed by atoms with Crippen LogP contribution in [0.15, 0.2) is 16.8 Å². The van der Waals surface area contributed by atoms with Gasteiger partial charge in [-0.15, -0.1) is 0 Å². The minimum Gasteiger partial charge on any atom is -0.387 e. The van der Waals surface area contributed by atoms with Gasteiger partial charge in [0.05, 0.1) is 0 Å². The van der Waals surface area contributed by atoms with Crippen LogP contribution in [-0.4, -0.2) is 17.6 Å². The van der Waals surface area contributed by atoms with Crippen LogP contribution in [0.4, 0.5) is 8.78 Å². The molecule has 1 heterocycles. The topological polar surface area (TPSA) is 20.2 Å². The molecule has 0 aliphatic rings. The van der Waals surface area contributed by atoms with Gasteiger partial charge in [0, 0.05) is 6.42 Å². The summed E-state index contributed by atoms with van der Waals surface area (Å²) in [5.41, 5.74) is 0.766. The van der Waals surface area contributed by atoms with Crippen molar-refractivity contribution in [2.45, 2.75) is 19.0 Å². The van der Waals surface area contributed by atoms with Crippen molar-refractivity contribution in [3.8, 4) is 0 Å². The fourth-order valence-corrected chi connectivity index (χ4v) is 1.42. The smallest absolute Gasteiger partial charge is 0.264 e. The second-order valence-corrected chi connectivity index (χ2v) is 3.02. The predicted octanol–water partition coefficient (Wildman–Crippen LogP) is 1.92. The van der Waals surface area contributed by atoms with E-state index in [1.165, 1.54) is 11.3 Å². The van der Waals surface area contributed by atoms with Gasteiger partial charge in [0.2, 0.25) is 0 Å². The van der Waals surface area contributed by atoms with E-state index in [2.05, 4.69) is 0 Å². The molecule has 0 aliphatic carbocycles. The van der Waals surface area contributed by atoms with Gasteiger partial charge in [-0.05, 0) is 22.4 Å². The molecular formula is C7H8F2OS. The van der Waals surface area contributed by atoms with E-state index >= 15 is 0 Å². The third-order valence-electron chi connectivity index (χ3n) is 1.32. The normalized spacial score (nSPS) is 13.8. The van der Waals surface area contributed by atoms with Crippen LogP contribution < -0.4 is 0 Å². The molecule has 0 bridgehead atoms. The molecule has 62 valence electrons. The third-order valence-corrected chi connectivity index (χ3v) is 2.05. The number of halogens is 2. The number of thiophene rings is 1. The van der Waals surface area contributed by atoms with Gasteiger partial charge in [-0.1, -0.05) is 0 Å². The maximum absolute atomic E-state index is 11.8. The Morgan fingerprint density at radius 3 is 2.73 bits per heavy atom. The first-order chi connectivity index (χ1) is 5.20. The highest BCUT2D eigenvalue weighted by atomic mass is 32.1. The van der Waals surface area contributed by atoms with Gasteiger partial charge >= 0.3 is 0 Å². The molecule has 11 heavy (non-hydrogen) atoms. The van der Waals surface area contributed by atoms with Gasteiger partial charge < -0.3 is 5.11 Å². The summed E-state index contributed by atoms with van der Waals surface area (Å²) in [6.45, 7) is 0. The minimum atomic E-state index is -2.64. The summed E-state index contributed by atoms with van der Waals surface area (Å²) < 4.78 is 23.5. The van der Waals surface area contributed by atoms with Crippen molar-refractivity contribution in [1.29, 1.82) is 0 Å². The molecule has 0 aromatic carbocycles. The molecule has 1 aromatic heterocycles. The Morgan fingerprint density at radius 2 is 2.27 bits per heavy atom. The number of aliphatic hydroxyl groups excluding tert-OH is 1. The van der Waals surface area contributed by atoms with E-state index in [0.29, 0.717) is 0 Å². The Labute approximate surface area is 67.3 Å². The molecule has 0 fully saturated rings. The SMILES string of the molecule is OC(Cc1ccsc1)C(F)F. The van der Waals surface area contributed by atoms with Crippen molar-refractivity contribution < 1.29 is 13.9 Å². The number of alkyl halides is 2. The largest absolute Gasteiger partial charge is 0.387 e. The summed E-state index contributed by atoms with van der Waals surface area (Å²) in [5, 5.41) is 12.3. The van der Waals surface area contributed by atoms with Gasteiger partial charge in [0.1, 0.15) is 6.10 Å². The molecule has 1 nitrogen and oxygen atoms in total. The summed E-state index contributed by atoms with van der Waals surface area (Å²) in [6, 6.07) is 1.73. The van der Waals surface area contributed by atoms with Crippen LogP contribution in [-0.2, 0) is 6.42 Å². The van der Waals surface area contributed by atoms with E-state index in [-0.39, 0.29) is 6.42 Å². The van der Waals surface area contributed by atoms with Crippen molar-refractivity contribution >= 4 is 11.3 Å². The highest BCUT2D eigenvalue weighted by Gasteiger charge is 2.16. The van der Waals surface area contributed by atoms with Crippen molar-refractivity contribution in [3.05, 3.63) is 22.4 Å². The van der Waals surface area contributed by atoms with Crippen molar-refractivity contribution in [3.63, 3.8) is 0 Å². The average molecular weight is 178 g/mol. The Hall–Kier alpha value is -0.480. The van der Waals surface area contributed by atoms with Crippen LogP contribution in [0, 0.1) is 0 Å². The zero-order chi connectivity index (χ0) is 8.27. The third kappa shape index (κ3) is 2.55. The predicted molar refractivity (Wildman–Crippen MR) is 40.0 cm³/mol. The molecule has 4 heteroatoms. The molecule has 1 rings (SSSR count). The molecule has 0 saturated heterocycles. The Kier molecular flexibility index (Phi) is 2.96. The lowest BCUT2D eigenvalue weighted by atomic mass is 10.1. The molecule has 0 radical (unpaired) electrons. The lowest BCUT2D eigenvalue weighted by Crippen LogP contribution is -2.19. The summed E-state index contributed by atoms with van der Waals surface area (Å²) in [6.07, 6.45) is -4.12. The van der Waals surface area contributed by atoms with E-state index < -0.39 is 12.5 Å². The summed E-state index contributed by atoms with van der Waals surface area (Å²) in [7, 11) is 0. The van der Waals surface area contributed by atoms with E-state index in [1.807, 2.05) is 0 Å². The second-order valence-electron chi connectivity index (χ2n) is 2.24. The van der Waals surface area contributed by atoms with Gasteiger partial charge in [0.25, 0.3) is 6.43 Å². The Balaban J connectivity index is 2.43. The van der Waals surface area contributed by atoms with Crippen LogP contribution in [0.1, 0.15) is 5.56 Å². The van der Waals surface area contributed by atoms with E-state index in [1.54, 1.807) is 16.8 Å². The van der Waals surface area contributed by atoms with Crippen molar-refractivity contribution in [2.75, 3.05) is 0 Å². The fraction of sp³-hybridized carbons (Fsp3) is 0.429. The molecule has 1 unspecified atom stereocenters. The summed E-state index contributed by atoms with van der Waals surface area (Å²) >= 11 is 1.44. The molecule has 0 aliphatic heterocycles. The zero-order valence-corrected chi connectivity index (χ0v) is 6.52. The molecule has 1 N–H and O–H groups in total. The van der Waals surface area contributed by atoms with E-state index in [4.69, 9.17) is 5.11 Å². The standard InChI is InChI=1S/C7H8F2OS/c8-7(9)6(10)3-5-1-2-11-4-5/h1-2,4,6-7,10H,3H2.